The van der Waals surface area contributed by atoms with Crippen LogP contribution in [-0.2, 0) is 17.1 Å². The van der Waals surface area contributed by atoms with Gasteiger partial charge < -0.3 is 14.9 Å². The summed E-state index contributed by atoms with van der Waals surface area (Å²) in [7, 11) is 0. The molecule has 3 atom stereocenters. The van der Waals surface area contributed by atoms with Gasteiger partial charge in [0.15, 0.2) is 0 Å². The molecule has 6 nitrogen and oxygen atoms in total. The number of carboxylic acid groups (broad SMARTS) is 1. The van der Waals surface area contributed by atoms with Crippen LogP contribution in [-0.4, -0.2) is 52.9 Å². The van der Waals surface area contributed by atoms with Gasteiger partial charge in [-0.15, -0.1) is 0 Å². The number of nitrogens with zero attached hydrogens (tertiary/aromatic N) is 4. The highest BCUT2D eigenvalue weighted by atomic mass is 19.3. The Hall–Kier alpha value is -2.06. The number of carbonyl (C=O) groups is 1. The quantitative estimate of drug-likeness (QED) is 0.878. The normalized spacial score (nSPS) is 29.6. The third kappa shape index (κ3) is 2.77. The van der Waals surface area contributed by atoms with E-state index in [4.69, 9.17) is 5.11 Å². The average Bonchev–Trinajstić information content (AvgIpc) is 3.15. The molecule has 2 fully saturated rings. The first kappa shape index (κ1) is 17.4. The van der Waals surface area contributed by atoms with Gasteiger partial charge in [0.2, 0.25) is 5.95 Å². The van der Waals surface area contributed by atoms with Crippen molar-refractivity contribution in [2.24, 2.45) is 5.92 Å². The molecule has 0 aromatic carbocycles. The maximum absolute atomic E-state index is 14.3. The van der Waals surface area contributed by atoms with Crippen LogP contribution in [0.15, 0.2) is 0 Å². The summed E-state index contributed by atoms with van der Waals surface area (Å²) in [4.78, 5) is 23.0. The van der Waals surface area contributed by atoms with Gasteiger partial charge in [0.25, 0.3) is 5.92 Å². The Balaban J connectivity index is 1.68. The molecule has 1 aliphatic carbocycles. The van der Waals surface area contributed by atoms with E-state index in [2.05, 4.69) is 9.97 Å². The summed E-state index contributed by atoms with van der Waals surface area (Å²) in [6, 6.07) is -0.436. The molecule has 0 bridgehead atoms. The second-order valence-corrected chi connectivity index (χ2v) is 7.49. The van der Waals surface area contributed by atoms with Crippen molar-refractivity contribution >= 4 is 17.7 Å². The van der Waals surface area contributed by atoms with Crippen molar-refractivity contribution in [2.45, 2.75) is 50.7 Å². The first-order valence-electron chi connectivity index (χ1n) is 8.93. The highest BCUT2D eigenvalue weighted by Crippen LogP contribution is 2.45. The van der Waals surface area contributed by atoms with Gasteiger partial charge in [0.05, 0.1) is 12.6 Å². The minimum atomic E-state index is -3.01. The maximum Gasteiger partial charge on any atom is 0.303 e. The van der Waals surface area contributed by atoms with Crippen LogP contribution in [0.5, 0.6) is 0 Å². The summed E-state index contributed by atoms with van der Waals surface area (Å²) in [5, 5.41) is 8.98. The fourth-order valence-electron chi connectivity index (χ4n) is 4.05. The summed E-state index contributed by atoms with van der Waals surface area (Å²) in [6.45, 7) is 2.84. The third-order valence-electron chi connectivity index (χ3n) is 5.70. The lowest BCUT2D eigenvalue weighted by molar-refractivity contribution is -0.137. The van der Waals surface area contributed by atoms with Crippen LogP contribution in [0.2, 0.25) is 0 Å². The fourth-order valence-corrected chi connectivity index (χ4v) is 4.05. The zero-order chi connectivity index (χ0) is 18.6. The first-order valence-corrected chi connectivity index (χ1v) is 8.93. The molecular weight excluding hydrogens is 349 g/mol. The Morgan fingerprint density at radius 3 is 2.77 bits per heavy atom. The smallest absolute Gasteiger partial charge is 0.303 e. The second-order valence-electron chi connectivity index (χ2n) is 7.49. The minimum Gasteiger partial charge on any atom is -0.481 e. The zero-order valence-electron chi connectivity index (χ0n) is 14.5. The zero-order valence-corrected chi connectivity index (χ0v) is 14.5. The lowest BCUT2D eigenvalue weighted by Gasteiger charge is -2.42. The lowest BCUT2D eigenvalue weighted by Crippen LogP contribution is -2.57. The number of hydrogen-bond acceptors (Lipinski definition) is 5. The number of aromatic nitrogens is 2. The van der Waals surface area contributed by atoms with Crippen molar-refractivity contribution in [1.82, 2.24) is 9.97 Å². The number of anilines is 2. The molecule has 3 heterocycles. The summed E-state index contributed by atoms with van der Waals surface area (Å²) in [6.07, 6.45) is -0.383. The van der Waals surface area contributed by atoms with E-state index < -0.39 is 24.1 Å². The van der Waals surface area contributed by atoms with Crippen molar-refractivity contribution < 1.29 is 23.1 Å². The Morgan fingerprint density at radius 1 is 1.35 bits per heavy atom. The second kappa shape index (κ2) is 5.99. The van der Waals surface area contributed by atoms with Gasteiger partial charge in [-0.3, -0.25) is 4.79 Å². The molecule has 0 radical (unpaired) electrons. The van der Waals surface area contributed by atoms with Crippen LogP contribution in [0.4, 0.5) is 24.9 Å². The summed E-state index contributed by atoms with van der Waals surface area (Å²) in [5.74, 6) is -3.29. The third-order valence-corrected chi connectivity index (χ3v) is 5.70. The van der Waals surface area contributed by atoms with Crippen LogP contribution in [0, 0.1) is 5.92 Å². The van der Waals surface area contributed by atoms with E-state index in [0.29, 0.717) is 30.9 Å². The highest BCUT2D eigenvalue weighted by Gasteiger charge is 2.46. The molecule has 26 heavy (non-hydrogen) atoms. The standard InChI is InChI=1S/C17H21F3N4O2/c1-9-12(18)8-24(9)16-21-14-11(2-4-17(14,19)20)15(22-16)23-5-3-10(7-23)6-13(25)26/h9-10,12H,2-8H2,1H3,(H,25,26)/t9-,10+,12?/m0/s1. The van der Waals surface area contributed by atoms with Crippen LogP contribution in [0.25, 0.3) is 0 Å². The van der Waals surface area contributed by atoms with E-state index in [9.17, 15) is 18.0 Å². The molecule has 2 aliphatic heterocycles. The molecule has 4 rings (SSSR count). The molecule has 3 aliphatic rings. The molecule has 1 aromatic heterocycles. The van der Waals surface area contributed by atoms with E-state index in [0.717, 1.165) is 0 Å². The average molecular weight is 370 g/mol. The van der Waals surface area contributed by atoms with Gasteiger partial charge in [-0.2, -0.15) is 13.8 Å². The fraction of sp³-hybridized carbons (Fsp3) is 0.706. The van der Waals surface area contributed by atoms with E-state index >= 15 is 0 Å². The molecule has 0 saturated carbocycles. The number of halogens is 3. The topological polar surface area (TPSA) is 69.6 Å². The number of fused-ring (bicyclic) bond motifs is 1. The summed E-state index contributed by atoms with van der Waals surface area (Å²) in [5.41, 5.74) is 0.188. The van der Waals surface area contributed by atoms with E-state index in [1.807, 2.05) is 4.90 Å². The van der Waals surface area contributed by atoms with E-state index in [-0.39, 0.29) is 43.4 Å². The Kier molecular flexibility index (Phi) is 4.00. The van der Waals surface area contributed by atoms with Gasteiger partial charge in [-0.25, -0.2) is 9.37 Å². The first-order chi connectivity index (χ1) is 12.3. The van der Waals surface area contributed by atoms with Crippen LogP contribution in [0.3, 0.4) is 0 Å². The van der Waals surface area contributed by atoms with Crippen LogP contribution < -0.4 is 9.80 Å². The molecule has 2 saturated heterocycles. The van der Waals surface area contributed by atoms with E-state index in [1.165, 1.54) is 0 Å². The number of aliphatic carboxylic acids is 1. The number of hydrogen-bond donors (Lipinski definition) is 1. The predicted molar refractivity (Wildman–Crippen MR) is 88.5 cm³/mol. The summed E-state index contributed by atoms with van der Waals surface area (Å²) >= 11 is 0. The van der Waals surface area contributed by atoms with Gasteiger partial charge in [-0.05, 0) is 25.7 Å². The number of alkyl halides is 3. The van der Waals surface area contributed by atoms with Gasteiger partial charge >= 0.3 is 5.97 Å². The lowest BCUT2D eigenvalue weighted by atomic mass is 10.0. The molecule has 0 spiro atoms. The number of carboxylic acids is 1. The monoisotopic (exact) mass is 370 g/mol. The van der Waals surface area contributed by atoms with Gasteiger partial charge in [-0.1, -0.05) is 0 Å². The maximum atomic E-state index is 14.3. The molecule has 1 N–H and O–H groups in total. The Bertz CT molecular complexity index is 745. The number of rotatable bonds is 4. The van der Waals surface area contributed by atoms with Crippen LogP contribution in [0.1, 0.15) is 37.4 Å². The van der Waals surface area contributed by atoms with E-state index in [1.54, 1.807) is 11.8 Å². The van der Waals surface area contributed by atoms with Gasteiger partial charge in [0.1, 0.15) is 17.7 Å². The highest BCUT2D eigenvalue weighted by molar-refractivity contribution is 5.67. The molecule has 1 aromatic rings. The van der Waals surface area contributed by atoms with Crippen molar-refractivity contribution in [2.75, 3.05) is 29.4 Å². The Labute approximate surface area is 149 Å². The largest absolute Gasteiger partial charge is 0.481 e. The van der Waals surface area contributed by atoms with Gasteiger partial charge in [0, 0.05) is 31.5 Å². The van der Waals surface area contributed by atoms with Crippen LogP contribution >= 0.6 is 0 Å². The molecular formula is C17H21F3N4O2. The van der Waals surface area contributed by atoms with Crippen molar-refractivity contribution in [3.8, 4) is 0 Å². The minimum absolute atomic E-state index is 0.0263. The molecule has 1 unspecified atom stereocenters. The summed E-state index contributed by atoms with van der Waals surface area (Å²) < 4.78 is 42.2. The molecule has 142 valence electrons. The molecule has 9 heteroatoms. The Morgan fingerprint density at radius 2 is 2.12 bits per heavy atom. The SMILES string of the molecule is C[C@H]1C(F)CN1c1nc(N2CC[C@H](CC(=O)O)C2)c2c(n1)C(F)(F)CC2. The van der Waals surface area contributed by atoms with Crippen molar-refractivity contribution in [3.63, 3.8) is 0 Å². The van der Waals surface area contributed by atoms with Crippen molar-refractivity contribution in [3.05, 3.63) is 11.3 Å². The predicted octanol–water partition coefficient (Wildman–Crippen LogP) is 2.36. The van der Waals surface area contributed by atoms with Crippen molar-refractivity contribution in [1.29, 1.82) is 0 Å². The molecule has 0 amide bonds.